The highest BCUT2D eigenvalue weighted by molar-refractivity contribution is 7.92. The average Bonchev–Trinajstić information content (AvgIpc) is 2.32. The summed E-state index contributed by atoms with van der Waals surface area (Å²) in [5.74, 6) is -2.78. The van der Waals surface area contributed by atoms with E-state index in [1.54, 1.807) is 0 Å². The molecule has 0 saturated carbocycles. The van der Waals surface area contributed by atoms with Crippen LogP contribution in [0.1, 0.15) is 0 Å². The fraction of sp³-hybridized carbons (Fsp3) is 0. The zero-order chi connectivity index (χ0) is 14.9. The van der Waals surface area contributed by atoms with Crippen LogP contribution in [0.2, 0.25) is 0 Å². The lowest BCUT2D eigenvalue weighted by Crippen LogP contribution is -2.15. The summed E-state index contributed by atoms with van der Waals surface area (Å²) >= 11 is 0. The van der Waals surface area contributed by atoms with Gasteiger partial charge in [0, 0.05) is 6.07 Å². The molecule has 0 unspecified atom stereocenters. The Morgan fingerprint density at radius 1 is 0.950 bits per heavy atom. The molecule has 0 fully saturated rings. The SMILES string of the molecule is Nc1cc(F)ccc1NS(=O)(=O)c1ccc(F)cc1F. The summed E-state index contributed by atoms with van der Waals surface area (Å²) < 4.78 is 65.0. The monoisotopic (exact) mass is 302 g/mol. The fourth-order valence-electron chi connectivity index (χ4n) is 1.52. The number of sulfonamides is 1. The Balaban J connectivity index is 2.41. The molecule has 2 aromatic carbocycles. The van der Waals surface area contributed by atoms with E-state index in [4.69, 9.17) is 5.73 Å². The molecule has 0 bridgehead atoms. The van der Waals surface area contributed by atoms with Crippen molar-refractivity contribution < 1.29 is 21.6 Å². The molecule has 106 valence electrons. The molecule has 0 aliphatic heterocycles. The maximum absolute atomic E-state index is 13.5. The fourth-order valence-corrected chi connectivity index (χ4v) is 2.67. The first kappa shape index (κ1) is 14.2. The minimum absolute atomic E-state index is 0.102. The predicted molar refractivity (Wildman–Crippen MR) is 68.0 cm³/mol. The molecule has 2 aromatic rings. The van der Waals surface area contributed by atoms with E-state index in [0.717, 1.165) is 30.3 Å². The van der Waals surface area contributed by atoms with Gasteiger partial charge in [0.25, 0.3) is 10.0 Å². The number of rotatable bonds is 3. The van der Waals surface area contributed by atoms with Gasteiger partial charge in [-0.2, -0.15) is 0 Å². The quantitative estimate of drug-likeness (QED) is 0.856. The van der Waals surface area contributed by atoms with Crippen molar-refractivity contribution in [2.45, 2.75) is 4.90 Å². The van der Waals surface area contributed by atoms with E-state index in [1.807, 2.05) is 4.72 Å². The van der Waals surface area contributed by atoms with Gasteiger partial charge in [0.2, 0.25) is 0 Å². The summed E-state index contributed by atoms with van der Waals surface area (Å²) in [6.45, 7) is 0. The lowest BCUT2D eigenvalue weighted by atomic mass is 10.3. The molecular weight excluding hydrogens is 293 g/mol. The van der Waals surface area contributed by atoms with E-state index in [0.29, 0.717) is 6.07 Å². The molecular formula is C12H9F3N2O2S. The summed E-state index contributed by atoms with van der Waals surface area (Å²) in [7, 11) is -4.29. The van der Waals surface area contributed by atoms with Crippen LogP contribution in [-0.4, -0.2) is 8.42 Å². The zero-order valence-electron chi connectivity index (χ0n) is 9.90. The Morgan fingerprint density at radius 2 is 1.55 bits per heavy atom. The zero-order valence-corrected chi connectivity index (χ0v) is 10.7. The number of hydrogen-bond acceptors (Lipinski definition) is 3. The van der Waals surface area contributed by atoms with Crippen LogP contribution in [-0.2, 0) is 10.0 Å². The molecule has 0 atom stereocenters. The van der Waals surface area contributed by atoms with Crippen LogP contribution in [0.3, 0.4) is 0 Å². The molecule has 4 nitrogen and oxygen atoms in total. The van der Waals surface area contributed by atoms with Gasteiger partial charge in [-0.1, -0.05) is 0 Å². The van der Waals surface area contributed by atoms with Crippen molar-refractivity contribution in [2.24, 2.45) is 0 Å². The molecule has 2 rings (SSSR count). The predicted octanol–water partition coefficient (Wildman–Crippen LogP) is 2.49. The molecule has 0 spiro atoms. The van der Waals surface area contributed by atoms with Gasteiger partial charge in [-0.05, 0) is 30.3 Å². The minimum atomic E-state index is -4.29. The third-order valence-electron chi connectivity index (χ3n) is 2.44. The van der Waals surface area contributed by atoms with Crippen LogP contribution >= 0.6 is 0 Å². The second-order valence-electron chi connectivity index (χ2n) is 3.91. The van der Waals surface area contributed by atoms with Gasteiger partial charge in [-0.15, -0.1) is 0 Å². The standard InChI is InChI=1S/C12H9F3N2O2S/c13-7-2-4-12(9(15)5-7)20(18,19)17-11-3-1-8(14)6-10(11)16/h1-6,17H,16H2. The summed E-state index contributed by atoms with van der Waals surface area (Å²) in [5.41, 5.74) is 5.19. The molecule has 0 amide bonds. The van der Waals surface area contributed by atoms with Gasteiger partial charge in [-0.25, -0.2) is 21.6 Å². The normalized spacial score (nSPS) is 11.3. The second kappa shape index (κ2) is 5.04. The molecule has 0 saturated heterocycles. The Hall–Kier alpha value is -2.22. The van der Waals surface area contributed by atoms with Crippen LogP contribution in [0.15, 0.2) is 41.3 Å². The Morgan fingerprint density at radius 3 is 2.15 bits per heavy atom. The first-order valence-electron chi connectivity index (χ1n) is 5.32. The molecule has 0 aromatic heterocycles. The molecule has 3 N–H and O–H groups in total. The van der Waals surface area contributed by atoms with Crippen molar-refractivity contribution in [3.8, 4) is 0 Å². The highest BCUT2D eigenvalue weighted by Crippen LogP contribution is 2.24. The van der Waals surface area contributed by atoms with Crippen molar-refractivity contribution in [1.29, 1.82) is 0 Å². The van der Waals surface area contributed by atoms with E-state index in [9.17, 15) is 21.6 Å². The summed E-state index contributed by atoms with van der Waals surface area (Å²) in [6.07, 6.45) is 0. The summed E-state index contributed by atoms with van der Waals surface area (Å²) in [6, 6.07) is 5.05. The number of nitrogen functional groups attached to an aromatic ring is 1. The van der Waals surface area contributed by atoms with Gasteiger partial charge < -0.3 is 5.73 Å². The van der Waals surface area contributed by atoms with Crippen LogP contribution in [0.25, 0.3) is 0 Å². The van der Waals surface area contributed by atoms with Crippen molar-refractivity contribution in [2.75, 3.05) is 10.5 Å². The third kappa shape index (κ3) is 2.85. The molecule has 0 aliphatic carbocycles. The highest BCUT2D eigenvalue weighted by atomic mass is 32.2. The van der Waals surface area contributed by atoms with E-state index in [-0.39, 0.29) is 11.4 Å². The molecule has 8 heteroatoms. The van der Waals surface area contributed by atoms with Gasteiger partial charge in [0.05, 0.1) is 11.4 Å². The third-order valence-corrected chi connectivity index (χ3v) is 3.84. The minimum Gasteiger partial charge on any atom is -0.397 e. The Labute approximate surface area is 113 Å². The van der Waals surface area contributed by atoms with E-state index in [2.05, 4.69) is 0 Å². The summed E-state index contributed by atoms with van der Waals surface area (Å²) in [5, 5.41) is 0. The lowest BCUT2D eigenvalue weighted by Gasteiger charge is -2.11. The number of nitrogens with one attached hydrogen (secondary N) is 1. The topological polar surface area (TPSA) is 72.2 Å². The van der Waals surface area contributed by atoms with Crippen LogP contribution < -0.4 is 10.5 Å². The number of halogens is 3. The molecule has 0 radical (unpaired) electrons. The van der Waals surface area contributed by atoms with Gasteiger partial charge >= 0.3 is 0 Å². The van der Waals surface area contributed by atoms with Crippen LogP contribution in [0, 0.1) is 17.5 Å². The van der Waals surface area contributed by atoms with E-state index < -0.39 is 32.4 Å². The highest BCUT2D eigenvalue weighted by Gasteiger charge is 2.20. The molecule has 20 heavy (non-hydrogen) atoms. The number of hydrogen-bond donors (Lipinski definition) is 2. The van der Waals surface area contributed by atoms with Crippen molar-refractivity contribution >= 4 is 21.4 Å². The first-order valence-corrected chi connectivity index (χ1v) is 6.81. The maximum Gasteiger partial charge on any atom is 0.264 e. The molecule has 0 heterocycles. The largest absolute Gasteiger partial charge is 0.397 e. The van der Waals surface area contributed by atoms with Gasteiger partial charge in [0.15, 0.2) is 0 Å². The number of benzene rings is 2. The Bertz CT molecular complexity index is 763. The number of anilines is 2. The smallest absolute Gasteiger partial charge is 0.264 e. The van der Waals surface area contributed by atoms with Crippen molar-refractivity contribution in [3.05, 3.63) is 53.8 Å². The lowest BCUT2D eigenvalue weighted by molar-refractivity contribution is 0.551. The van der Waals surface area contributed by atoms with Crippen LogP contribution in [0.5, 0.6) is 0 Å². The van der Waals surface area contributed by atoms with Gasteiger partial charge in [0.1, 0.15) is 22.3 Å². The number of nitrogens with two attached hydrogens (primary N) is 1. The van der Waals surface area contributed by atoms with E-state index >= 15 is 0 Å². The summed E-state index contributed by atoms with van der Waals surface area (Å²) in [4.78, 5) is -0.734. The molecule has 0 aliphatic rings. The van der Waals surface area contributed by atoms with Crippen molar-refractivity contribution in [3.63, 3.8) is 0 Å². The van der Waals surface area contributed by atoms with Gasteiger partial charge in [-0.3, -0.25) is 4.72 Å². The maximum atomic E-state index is 13.5. The first-order chi connectivity index (χ1) is 9.29. The average molecular weight is 302 g/mol. The van der Waals surface area contributed by atoms with Crippen LogP contribution in [0.4, 0.5) is 24.5 Å². The van der Waals surface area contributed by atoms with Crippen molar-refractivity contribution in [1.82, 2.24) is 0 Å². The second-order valence-corrected chi connectivity index (χ2v) is 5.56. The van der Waals surface area contributed by atoms with E-state index in [1.165, 1.54) is 0 Å². The Kier molecular flexibility index (Phi) is 3.58.